The molecular formula is C23H21N3O7S2. The highest BCUT2D eigenvalue weighted by Crippen LogP contribution is 2.35. The fourth-order valence-electron chi connectivity index (χ4n) is 3.81. The molecule has 1 atom stereocenters. The molecular weight excluding hydrogens is 494 g/mol. The average molecular weight is 516 g/mol. The minimum Gasteiger partial charge on any atom is -0.493 e. The number of carbonyl (C=O) groups excluding carboxylic acids is 1. The van der Waals surface area contributed by atoms with Crippen LogP contribution in [0.1, 0.15) is 30.3 Å². The number of allylic oxidation sites excluding steroid dienone is 1. The number of nitro benzene ring substituents is 1. The number of hydrogen-bond donors (Lipinski definition) is 0. The Morgan fingerprint density at radius 1 is 1.29 bits per heavy atom. The van der Waals surface area contributed by atoms with Crippen molar-refractivity contribution in [2.45, 2.75) is 19.9 Å². The first-order valence-electron chi connectivity index (χ1n) is 10.4. The van der Waals surface area contributed by atoms with Crippen molar-refractivity contribution in [2.24, 2.45) is 4.99 Å². The summed E-state index contributed by atoms with van der Waals surface area (Å²) < 4.78 is 17.4. The Balaban J connectivity index is 1.97. The third kappa shape index (κ3) is 4.37. The average Bonchev–Trinajstić information content (AvgIpc) is 3.46. The summed E-state index contributed by atoms with van der Waals surface area (Å²) in [4.78, 5) is 43.3. The lowest BCUT2D eigenvalue weighted by Gasteiger charge is -2.23. The molecule has 0 saturated heterocycles. The molecule has 0 N–H and O–H groups in total. The summed E-state index contributed by atoms with van der Waals surface area (Å²) in [6.45, 7) is 3.59. The molecule has 10 nitrogen and oxygen atoms in total. The third-order valence-electron chi connectivity index (χ3n) is 5.35. The van der Waals surface area contributed by atoms with Crippen LogP contribution in [0.3, 0.4) is 0 Å². The van der Waals surface area contributed by atoms with E-state index in [1.165, 1.54) is 48.3 Å². The summed E-state index contributed by atoms with van der Waals surface area (Å²) in [6.07, 6.45) is 1.43. The number of aromatic nitrogens is 1. The Hall–Kier alpha value is -3.77. The van der Waals surface area contributed by atoms with E-state index >= 15 is 0 Å². The number of methoxy groups -OCH3 is 2. The van der Waals surface area contributed by atoms with Gasteiger partial charge in [0.2, 0.25) is 0 Å². The summed E-state index contributed by atoms with van der Waals surface area (Å²) in [6, 6.07) is 5.65. The number of hydrogen-bond acceptors (Lipinski definition) is 10. The Bertz CT molecular complexity index is 1520. The van der Waals surface area contributed by atoms with Gasteiger partial charge in [-0.15, -0.1) is 11.3 Å². The predicted molar refractivity (Wildman–Crippen MR) is 131 cm³/mol. The number of ether oxygens (including phenoxy) is 3. The molecule has 0 saturated carbocycles. The van der Waals surface area contributed by atoms with Crippen LogP contribution in [0.25, 0.3) is 6.08 Å². The predicted octanol–water partition coefficient (Wildman–Crippen LogP) is 2.79. The molecule has 12 heteroatoms. The Labute approximate surface area is 207 Å². The van der Waals surface area contributed by atoms with Crippen molar-refractivity contribution in [3.63, 3.8) is 0 Å². The van der Waals surface area contributed by atoms with Crippen molar-refractivity contribution in [3.8, 4) is 11.5 Å². The second-order valence-electron chi connectivity index (χ2n) is 7.34. The molecule has 1 aliphatic rings. The molecule has 35 heavy (non-hydrogen) atoms. The summed E-state index contributed by atoms with van der Waals surface area (Å²) in [5.41, 5.74) is 0.237. The van der Waals surface area contributed by atoms with E-state index < -0.39 is 22.5 Å². The molecule has 1 aliphatic heterocycles. The third-order valence-corrected chi connectivity index (χ3v) is 7.25. The Kier molecular flexibility index (Phi) is 6.85. The molecule has 1 unspecified atom stereocenters. The first-order chi connectivity index (χ1) is 16.8. The van der Waals surface area contributed by atoms with Gasteiger partial charge in [0.25, 0.3) is 11.2 Å². The van der Waals surface area contributed by atoms with Gasteiger partial charge in [-0.3, -0.25) is 19.5 Å². The minimum absolute atomic E-state index is 0.173. The SMILES string of the molecule is CCOC(=O)C1=C(C)N=c2s/c(=C/c3cc(OC)c(OC)cc3[N+](=O)[O-])c(=O)n2C1c1cccs1. The van der Waals surface area contributed by atoms with Crippen molar-refractivity contribution in [1.82, 2.24) is 4.57 Å². The van der Waals surface area contributed by atoms with Gasteiger partial charge in [-0.05, 0) is 37.4 Å². The van der Waals surface area contributed by atoms with Gasteiger partial charge < -0.3 is 14.2 Å². The van der Waals surface area contributed by atoms with E-state index in [0.717, 1.165) is 16.2 Å². The Morgan fingerprint density at radius 3 is 2.60 bits per heavy atom. The van der Waals surface area contributed by atoms with Gasteiger partial charge in [0, 0.05) is 4.88 Å². The van der Waals surface area contributed by atoms with E-state index in [0.29, 0.717) is 10.5 Å². The molecule has 0 fully saturated rings. The number of thiazole rings is 1. The van der Waals surface area contributed by atoms with Gasteiger partial charge in [-0.2, -0.15) is 0 Å². The van der Waals surface area contributed by atoms with Gasteiger partial charge in [0.15, 0.2) is 16.3 Å². The molecule has 0 bridgehead atoms. The molecule has 3 heterocycles. The topological polar surface area (TPSA) is 122 Å². The molecule has 0 spiro atoms. The van der Waals surface area contributed by atoms with E-state index in [1.807, 2.05) is 17.5 Å². The van der Waals surface area contributed by atoms with E-state index in [2.05, 4.69) is 4.99 Å². The second kappa shape index (κ2) is 9.84. The second-order valence-corrected chi connectivity index (χ2v) is 9.33. The minimum atomic E-state index is -0.715. The summed E-state index contributed by atoms with van der Waals surface area (Å²) in [7, 11) is 2.80. The van der Waals surface area contributed by atoms with Gasteiger partial charge >= 0.3 is 5.97 Å². The number of nitrogens with zero attached hydrogens (tertiary/aromatic N) is 3. The lowest BCUT2D eigenvalue weighted by Crippen LogP contribution is -2.39. The molecule has 0 amide bonds. The zero-order valence-electron chi connectivity index (χ0n) is 19.3. The summed E-state index contributed by atoms with van der Waals surface area (Å²) >= 11 is 2.49. The van der Waals surface area contributed by atoms with Gasteiger partial charge in [-0.25, -0.2) is 9.79 Å². The fraction of sp³-hybridized carbons (Fsp3) is 0.261. The van der Waals surface area contributed by atoms with Crippen LogP contribution in [0.5, 0.6) is 11.5 Å². The highest BCUT2D eigenvalue weighted by Gasteiger charge is 2.34. The lowest BCUT2D eigenvalue weighted by molar-refractivity contribution is -0.385. The van der Waals surface area contributed by atoms with Crippen LogP contribution in [-0.2, 0) is 9.53 Å². The number of fused-ring (bicyclic) bond motifs is 1. The smallest absolute Gasteiger partial charge is 0.338 e. The fourth-order valence-corrected chi connectivity index (χ4v) is 5.67. The van der Waals surface area contributed by atoms with E-state index in [4.69, 9.17) is 14.2 Å². The van der Waals surface area contributed by atoms with Gasteiger partial charge in [-0.1, -0.05) is 17.4 Å². The van der Waals surface area contributed by atoms with Gasteiger partial charge in [0.05, 0.1) is 53.2 Å². The first-order valence-corrected chi connectivity index (χ1v) is 12.1. The van der Waals surface area contributed by atoms with Crippen molar-refractivity contribution in [2.75, 3.05) is 20.8 Å². The normalized spacial score (nSPS) is 15.4. The first kappa shape index (κ1) is 24.4. The number of thiophene rings is 1. The largest absolute Gasteiger partial charge is 0.493 e. The lowest BCUT2D eigenvalue weighted by atomic mass is 10.0. The van der Waals surface area contributed by atoms with Crippen LogP contribution in [0.2, 0.25) is 0 Å². The zero-order chi connectivity index (χ0) is 25.3. The van der Waals surface area contributed by atoms with Crippen LogP contribution >= 0.6 is 22.7 Å². The van der Waals surface area contributed by atoms with E-state index in [-0.39, 0.29) is 39.5 Å². The van der Waals surface area contributed by atoms with E-state index in [9.17, 15) is 19.7 Å². The molecule has 4 rings (SSSR count). The number of rotatable bonds is 7. The maximum absolute atomic E-state index is 13.6. The highest BCUT2D eigenvalue weighted by atomic mass is 32.1. The van der Waals surface area contributed by atoms with E-state index in [1.54, 1.807) is 13.8 Å². The molecule has 3 aromatic rings. The standard InChI is InChI=1S/C23H21N3O7S2/c1-5-33-22(28)19-12(2)24-23-25(20(19)17-7-6-8-34-17)21(27)18(35-23)10-13-9-15(31-3)16(32-4)11-14(13)26(29)30/h6-11,20H,5H2,1-4H3/b18-10+. The summed E-state index contributed by atoms with van der Waals surface area (Å²) in [5.74, 6) is -0.0591. The molecule has 182 valence electrons. The number of benzene rings is 1. The Morgan fingerprint density at radius 2 is 2.00 bits per heavy atom. The van der Waals surface area contributed by atoms with Crippen molar-refractivity contribution in [1.29, 1.82) is 0 Å². The maximum Gasteiger partial charge on any atom is 0.338 e. The molecule has 2 aromatic heterocycles. The van der Waals surface area contributed by atoms with Crippen LogP contribution in [-0.4, -0.2) is 36.3 Å². The van der Waals surface area contributed by atoms with Crippen LogP contribution in [0.15, 0.2) is 50.7 Å². The summed E-state index contributed by atoms with van der Waals surface area (Å²) in [5, 5.41) is 13.6. The van der Waals surface area contributed by atoms with Crippen molar-refractivity contribution >= 4 is 40.4 Å². The zero-order valence-corrected chi connectivity index (χ0v) is 20.9. The maximum atomic E-state index is 13.6. The number of esters is 1. The number of carbonyl (C=O) groups is 1. The molecule has 1 aromatic carbocycles. The molecule has 0 radical (unpaired) electrons. The van der Waals surface area contributed by atoms with Crippen molar-refractivity contribution < 1.29 is 23.9 Å². The van der Waals surface area contributed by atoms with Crippen LogP contribution in [0, 0.1) is 10.1 Å². The van der Waals surface area contributed by atoms with Crippen molar-refractivity contribution in [3.05, 3.63) is 81.2 Å². The highest BCUT2D eigenvalue weighted by molar-refractivity contribution is 7.10. The van der Waals surface area contributed by atoms with Gasteiger partial charge in [0.1, 0.15) is 6.04 Å². The van der Waals surface area contributed by atoms with Crippen LogP contribution in [0.4, 0.5) is 5.69 Å². The quantitative estimate of drug-likeness (QED) is 0.269. The molecule has 0 aliphatic carbocycles. The van der Waals surface area contributed by atoms with Crippen LogP contribution < -0.4 is 24.4 Å². The monoisotopic (exact) mass is 515 g/mol. The number of nitro groups is 1.